The lowest BCUT2D eigenvalue weighted by atomic mass is 9.81. The fourth-order valence-corrected chi connectivity index (χ4v) is 5.17. The predicted molar refractivity (Wildman–Crippen MR) is 101 cm³/mol. The number of hydrogen-bond donors (Lipinski definition) is 2. The van der Waals surface area contributed by atoms with Crippen LogP contribution in [0.5, 0.6) is 0 Å². The van der Waals surface area contributed by atoms with E-state index in [0.29, 0.717) is 37.5 Å². The molecule has 0 aromatic carbocycles. The highest BCUT2D eigenvalue weighted by Crippen LogP contribution is 2.32. The van der Waals surface area contributed by atoms with Gasteiger partial charge in [0, 0.05) is 50.2 Å². The van der Waals surface area contributed by atoms with Crippen LogP contribution >= 0.6 is 0 Å². The molecular formula is C20H34N4O2. The average molecular weight is 363 g/mol. The number of carbonyl (C=O) groups is 1. The van der Waals surface area contributed by atoms with Crippen LogP contribution in [-0.4, -0.2) is 64.8 Å². The number of nitrogens with zero attached hydrogens (tertiary/aromatic N) is 3. The second kappa shape index (κ2) is 8.58. The van der Waals surface area contributed by atoms with Gasteiger partial charge in [0.1, 0.15) is 0 Å². The van der Waals surface area contributed by atoms with Crippen molar-refractivity contribution < 1.29 is 9.90 Å². The molecule has 1 saturated carbocycles. The van der Waals surface area contributed by atoms with Gasteiger partial charge in [-0.3, -0.25) is 4.90 Å². The van der Waals surface area contributed by atoms with Crippen molar-refractivity contribution in [2.75, 3.05) is 26.2 Å². The van der Waals surface area contributed by atoms with Crippen LogP contribution in [0.3, 0.4) is 0 Å². The minimum atomic E-state index is -0.783. The molecule has 0 radical (unpaired) electrons. The van der Waals surface area contributed by atoms with E-state index in [0.717, 1.165) is 38.8 Å². The lowest BCUT2D eigenvalue weighted by molar-refractivity contribution is 0.0158. The quantitative estimate of drug-likeness (QED) is 0.803. The number of nitrogens with one attached hydrogen (secondary N) is 1. The van der Waals surface area contributed by atoms with Gasteiger partial charge in [-0.2, -0.15) is 5.26 Å². The highest BCUT2D eigenvalue weighted by atomic mass is 16.4. The molecule has 3 fully saturated rings. The van der Waals surface area contributed by atoms with E-state index in [1.165, 1.54) is 25.7 Å². The maximum Gasteiger partial charge on any atom is 0.407 e. The molecule has 2 saturated heterocycles. The van der Waals surface area contributed by atoms with Gasteiger partial charge in [0.05, 0.1) is 6.07 Å². The Morgan fingerprint density at radius 3 is 2.42 bits per heavy atom. The Balaban J connectivity index is 1.47. The van der Waals surface area contributed by atoms with Gasteiger partial charge >= 0.3 is 6.09 Å². The van der Waals surface area contributed by atoms with E-state index in [4.69, 9.17) is 10.4 Å². The zero-order valence-electron chi connectivity index (χ0n) is 16.1. The number of piperidine rings is 2. The summed E-state index contributed by atoms with van der Waals surface area (Å²) in [6.45, 7) is 5.81. The molecule has 2 heterocycles. The summed E-state index contributed by atoms with van der Waals surface area (Å²) >= 11 is 0. The Kier molecular flexibility index (Phi) is 6.42. The van der Waals surface area contributed by atoms with Crippen LogP contribution in [0, 0.1) is 17.2 Å². The Bertz CT molecular complexity index is 516. The first kappa shape index (κ1) is 19.4. The molecule has 1 amide bonds. The SMILES string of the molecule is CC1(N2CCC(N[C@H]3CCCC[C@@H]3CC#N)CC2)CCN(C(=O)O)CC1. The highest BCUT2D eigenvalue weighted by molar-refractivity contribution is 5.65. The molecule has 26 heavy (non-hydrogen) atoms. The fraction of sp³-hybridized carbons (Fsp3) is 0.900. The molecule has 146 valence electrons. The standard InChI is InChI=1S/C20H34N4O2/c1-20(9-14-23(15-10-20)19(25)26)24-12-7-17(8-13-24)22-18-5-3-2-4-16(18)6-11-21/h16-18,22H,2-10,12-15H2,1H3,(H,25,26)/t16-,18+/m1/s1. The van der Waals surface area contributed by atoms with Gasteiger partial charge in [0.2, 0.25) is 0 Å². The molecule has 2 atom stereocenters. The van der Waals surface area contributed by atoms with Crippen molar-refractivity contribution in [1.82, 2.24) is 15.1 Å². The molecule has 3 rings (SSSR count). The predicted octanol–water partition coefficient (Wildman–Crippen LogP) is 3.05. The van der Waals surface area contributed by atoms with Gasteiger partial charge in [0.25, 0.3) is 0 Å². The van der Waals surface area contributed by atoms with Gasteiger partial charge in [-0.15, -0.1) is 0 Å². The second-order valence-electron chi connectivity index (χ2n) is 8.71. The van der Waals surface area contributed by atoms with Gasteiger partial charge in [-0.05, 0) is 51.4 Å². The third-order valence-corrected chi connectivity index (χ3v) is 7.08. The van der Waals surface area contributed by atoms with Gasteiger partial charge in [0.15, 0.2) is 0 Å². The van der Waals surface area contributed by atoms with Crippen LogP contribution < -0.4 is 5.32 Å². The van der Waals surface area contributed by atoms with Crippen molar-refractivity contribution in [2.45, 2.75) is 82.3 Å². The van der Waals surface area contributed by atoms with Crippen molar-refractivity contribution in [3.8, 4) is 6.07 Å². The molecule has 6 heteroatoms. The lowest BCUT2D eigenvalue weighted by Gasteiger charge is -2.49. The molecule has 0 bridgehead atoms. The molecule has 1 aliphatic carbocycles. The summed E-state index contributed by atoms with van der Waals surface area (Å²) in [4.78, 5) is 15.3. The summed E-state index contributed by atoms with van der Waals surface area (Å²) in [7, 11) is 0. The number of likely N-dealkylation sites (tertiary alicyclic amines) is 2. The van der Waals surface area contributed by atoms with E-state index in [9.17, 15) is 4.79 Å². The molecule has 6 nitrogen and oxygen atoms in total. The smallest absolute Gasteiger partial charge is 0.407 e. The summed E-state index contributed by atoms with van der Waals surface area (Å²) in [5.74, 6) is 0.532. The monoisotopic (exact) mass is 362 g/mol. The van der Waals surface area contributed by atoms with Crippen LogP contribution in [0.15, 0.2) is 0 Å². The normalized spacial score (nSPS) is 30.7. The fourth-order valence-electron chi connectivity index (χ4n) is 5.17. The van der Waals surface area contributed by atoms with Crippen molar-refractivity contribution in [3.63, 3.8) is 0 Å². The summed E-state index contributed by atoms with van der Waals surface area (Å²) in [6, 6.07) is 3.47. The number of nitriles is 1. The van der Waals surface area contributed by atoms with E-state index >= 15 is 0 Å². The Hall–Kier alpha value is -1.32. The van der Waals surface area contributed by atoms with Gasteiger partial charge in [-0.1, -0.05) is 12.8 Å². The summed E-state index contributed by atoms with van der Waals surface area (Å²) in [6.07, 6.45) is 9.07. The molecule has 2 N–H and O–H groups in total. The highest BCUT2D eigenvalue weighted by Gasteiger charge is 2.39. The topological polar surface area (TPSA) is 79.6 Å². The first-order valence-corrected chi connectivity index (χ1v) is 10.4. The molecule has 0 spiro atoms. The van der Waals surface area contributed by atoms with Crippen molar-refractivity contribution in [2.24, 2.45) is 5.92 Å². The van der Waals surface area contributed by atoms with E-state index < -0.39 is 6.09 Å². The van der Waals surface area contributed by atoms with E-state index in [1.54, 1.807) is 4.90 Å². The maximum atomic E-state index is 11.1. The minimum Gasteiger partial charge on any atom is -0.465 e. The molecule has 0 aromatic heterocycles. The lowest BCUT2D eigenvalue weighted by Crippen LogP contribution is -2.58. The molecular weight excluding hydrogens is 328 g/mol. The first-order valence-electron chi connectivity index (χ1n) is 10.4. The summed E-state index contributed by atoms with van der Waals surface area (Å²) in [5, 5.41) is 22.1. The molecule has 0 aromatic rings. The van der Waals surface area contributed by atoms with E-state index in [2.05, 4.69) is 23.2 Å². The average Bonchev–Trinajstić information content (AvgIpc) is 2.64. The van der Waals surface area contributed by atoms with Crippen LogP contribution in [-0.2, 0) is 0 Å². The zero-order valence-corrected chi connectivity index (χ0v) is 16.1. The van der Waals surface area contributed by atoms with E-state index in [-0.39, 0.29) is 5.54 Å². The van der Waals surface area contributed by atoms with Gasteiger partial charge < -0.3 is 15.3 Å². The Morgan fingerprint density at radius 1 is 1.15 bits per heavy atom. The molecule has 3 aliphatic rings. The molecule has 0 unspecified atom stereocenters. The van der Waals surface area contributed by atoms with Crippen molar-refractivity contribution in [3.05, 3.63) is 0 Å². The largest absolute Gasteiger partial charge is 0.465 e. The third-order valence-electron chi connectivity index (χ3n) is 7.08. The van der Waals surface area contributed by atoms with E-state index in [1.807, 2.05) is 0 Å². The Labute approximate surface area is 157 Å². The zero-order chi connectivity index (χ0) is 18.6. The minimum absolute atomic E-state index is 0.144. The van der Waals surface area contributed by atoms with Gasteiger partial charge in [-0.25, -0.2) is 4.79 Å². The first-order chi connectivity index (χ1) is 12.5. The number of rotatable bonds is 4. The maximum absolute atomic E-state index is 11.1. The Morgan fingerprint density at radius 2 is 1.81 bits per heavy atom. The van der Waals surface area contributed by atoms with Crippen molar-refractivity contribution >= 4 is 6.09 Å². The number of carboxylic acid groups (broad SMARTS) is 1. The van der Waals surface area contributed by atoms with Crippen LogP contribution in [0.4, 0.5) is 4.79 Å². The summed E-state index contributed by atoms with van der Waals surface area (Å²) in [5.41, 5.74) is 0.144. The summed E-state index contributed by atoms with van der Waals surface area (Å²) < 4.78 is 0. The van der Waals surface area contributed by atoms with Crippen molar-refractivity contribution in [1.29, 1.82) is 5.26 Å². The third kappa shape index (κ3) is 4.50. The van der Waals surface area contributed by atoms with Crippen LogP contribution in [0.2, 0.25) is 0 Å². The van der Waals surface area contributed by atoms with Crippen LogP contribution in [0.1, 0.15) is 64.7 Å². The van der Waals surface area contributed by atoms with Crippen LogP contribution in [0.25, 0.3) is 0 Å². The number of amides is 1. The number of hydrogen-bond acceptors (Lipinski definition) is 4. The second-order valence-corrected chi connectivity index (χ2v) is 8.71. The molecule has 2 aliphatic heterocycles.